The number of rotatable bonds is 10. The van der Waals surface area contributed by atoms with E-state index in [9.17, 15) is 14.7 Å². The Morgan fingerprint density at radius 2 is 1.96 bits per heavy atom. The summed E-state index contributed by atoms with van der Waals surface area (Å²) in [6, 6.07) is 9.96. The number of benzene rings is 2. The molecule has 45 heavy (non-hydrogen) atoms. The van der Waals surface area contributed by atoms with Gasteiger partial charge in [0.2, 0.25) is 0 Å². The number of nitrogens with zero attached hydrogens (tertiary/aromatic N) is 2. The number of hydrogen-bond donors (Lipinski definition) is 2. The lowest BCUT2D eigenvalue weighted by Crippen LogP contribution is -2.46. The molecule has 5 rings (SSSR count). The first kappa shape index (κ1) is 32.4. The van der Waals surface area contributed by atoms with Gasteiger partial charge in [-0.05, 0) is 24.8 Å². The standard InChI is InChI=1S/C32H34ClF2N3O7/c1-18-24-22(45-32(18,17-38(3)31(40)41)19-9-5-4-6-10-19)15-21(34)27(33)26(24)25-20(29(39)36-2)16-37-30(28(25)35)44-14-13-43-23-11-7-8-12-42-23/h4-6,9-10,15-16,18,23H,7-8,11-14,17H2,1-3H3,(H,36,39)(H,40,41)/t18-,23?,32-/m0/s1. The zero-order chi connectivity index (χ0) is 32.3. The fourth-order valence-corrected chi connectivity index (χ4v) is 6.14. The molecule has 2 amide bonds. The van der Waals surface area contributed by atoms with Crippen LogP contribution in [0.1, 0.15) is 53.6 Å². The van der Waals surface area contributed by atoms with Crippen molar-refractivity contribution in [3.8, 4) is 22.8 Å². The molecule has 3 heterocycles. The molecule has 3 aromatic rings. The predicted octanol–water partition coefficient (Wildman–Crippen LogP) is 5.96. The second kappa shape index (κ2) is 13.6. The number of halogens is 3. The van der Waals surface area contributed by atoms with E-state index in [2.05, 4.69) is 10.3 Å². The topological polar surface area (TPSA) is 119 Å². The SMILES string of the molecule is CNC(=O)c1cnc(OCCOC2CCCCO2)c(F)c1-c1c(Cl)c(F)cc2c1[C@H](C)[C@@](CN(C)C(=O)O)(c1ccccc1)O2. The molecule has 0 aliphatic carbocycles. The average Bonchev–Trinajstić information content (AvgIpc) is 3.32. The molecule has 0 radical (unpaired) electrons. The Morgan fingerprint density at radius 3 is 2.62 bits per heavy atom. The van der Waals surface area contributed by atoms with Crippen LogP contribution in [0.4, 0.5) is 13.6 Å². The van der Waals surface area contributed by atoms with Crippen LogP contribution in [0.25, 0.3) is 11.1 Å². The minimum Gasteiger partial charge on any atom is -0.480 e. The van der Waals surface area contributed by atoms with Crippen LogP contribution in [0.5, 0.6) is 11.6 Å². The van der Waals surface area contributed by atoms with Gasteiger partial charge >= 0.3 is 6.09 Å². The molecule has 1 saturated heterocycles. The number of carbonyl (C=O) groups is 2. The summed E-state index contributed by atoms with van der Waals surface area (Å²) < 4.78 is 55.3. The molecule has 10 nitrogen and oxygen atoms in total. The number of hydrogen-bond acceptors (Lipinski definition) is 7. The van der Waals surface area contributed by atoms with E-state index in [1.807, 2.05) is 0 Å². The third kappa shape index (κ3) is 6.27. The van der Waals surface area contributed by atoms with Crippen LogP contribution in [-0.4, -0.2) is 73.7 Å². The van der Waals surface area contributed by atoms with Gasteiger partial charge in [-0.3, -0.25) is 4.79 Å². The summed E-state index contributed by atoms with van der Waals surface area (Å²) in [7, 11) is 2.76. The molecule has 2 aliphatic heterocycles. The second-order valence-electron chi connectivity index (χ2n) is 10.9. The minimum atomic E-state index is -1.35. The zero-order valence-corrected chi connectivity index (χ0v) is 25.8. The maximum Gasteiger partial charge on any atom is 0.407 e. The number of ether oxygens (including phenoxy) is 4. The number of amides is 2. The predicted molar refractivity (Wildman–Crippen MR) is 161 cm³/mol. The number of pyridine rings is 1. The fraction of sp³-hybridized carbons (Fsp3) is 0.406. The first-order valence-electron chi connectivity index (χ1n) is 14.6. The monoisotopic (exact) mass is 645 g/mol. The van der Waals surface area contributed by atoms with Gasteiger partial charge in [0.25, 0.3) is 11.8 Å². The normalized spacial score (nSPS) is 20.7. The summed E-state index contributed by atoms with van der Waals surface area (Å²) in [5.74, 6) is -3.76. The molecule has 13 heteroatoms. The van der Waals surface area contributed by atoms with E-state index in [1.54, 1.807) is 37.3 Å². The molecular weight excluding hydrogens is 612 g/mol. The number of likely N-dealkylation sites (N-methyl/N-ethyl adjacent to an activating group) is 1. The van der Waals surface area contributed by atoms with Gasteiger partial charge in [-0.2, -0.15) is 0 Å². The molecule has 2 aromatic carbocycles. The Balaban J connectivity index is 1.61. The highest BCUT2D eigenvalue weighted by Gasteiger charge is 2.51. The first-order chi connectivity index (χ1) is 21.6. The number of carbonyl (C=O) groups excluding carboxylic acids is 1. The third-order valence-electron chi connectivity index (χ3n) is 8.18. The first-order valence-corrected chi connectivity index (χ1v) is 14.9. The van der Waals surface area contributed by atoms with E-state index in [0.717, 1.165) is 36.4 Å². The van der Waals surface area contributed by atoms with Crippen molar-refractivity contribution in [1.29, 1.82) is 0 Å². The van der Waals surface area contributed by atoms with Crippen molar-refractivity contribution in [1.82, 2.24) is 15.2 Å². The van der Waals surface area contributed by atoms with Crippen LogP contribution in [0.3, 0.4) is 0 Å². The molecule has 240 valence electrons. The number of carboxylic acid groups (broad SMARTS) is 1. The lowest BCUT2D eigenvalue weighted by molar-refractivity contribution is -0.165. The van der Waals surface area contributed by atoms with Crippen LogP contribution < -0.4 is 14.8 Å². The Bertz CT molecular complexity index is 1570. The highest BCUT2D eigenvalue weighted by Crippen LogP contribution is 2.56. The van der Waals surface area contributed by atoms with Crippen LogP contribution in [-0.2, 0) is 15.1 Å². The van der Waals surface area contributed by atoms with Gasteiger partial charge in [-0.25, -0.2) is 18.6 Å². The smallest absolute Gasteiger partial charge is 0.407 e. The Kier molecular flexibility index (Phi) is 9.76. The summed E-state index contributed by atoms with van der Waals surface area (Å²) in [6.07, 6.45) is 2.24. The minimum absolute atomic E-state index is 0.0319. The summed E-state index contributed by atoms with van der Waals surface area (Å²) in [4.78, 5) is 30.0. The largest absolute Gasteiger partial charge is 0.480 e. The van der Waals surface area contributed by atoms with Crippen molar-refractivity contribution in [2.75, 3.05) is 40.5 Å². The number of fused-ring (bicyclic) bond motifs is 1. The van der Waals surface area contributed by atoms with E-state index in [1.165, 1.54) is 14.1 Å². The maximum absolute atomic E-state index is 16.5. The van der Waals surface area contributed by atoms with Crippen LogP contribution in [0.15, 0.2) is 42.6 Å². The van der Waals surface area contributed by atoms with E-state index in [0.29, 0.717) is 17.7 Å². The molecule has 0 bridgehead atoms. The molecule has 2 N–H and O–H groups in total. The van der Waals surface area contributed by atoms with Crippen LogP contribution >= 0.6 is 11.6 Å². The van der Waals surface area contributed by atoms with Gasteiger partial charge in [-0.15, -0.1) is 0 Å². The van der Waals surface area contributed by atoms with Crippen molar-refractivity contribution in [2.24, 2.45) is 0 Å². The second-order valence-corrected chi connectivity index (χ2v) is 11.3. The maximum atomic E-state index is 16.5. The molecule has 3 atom stereocenters. The molecule has 0 saturated carbocycles. The van der Waals surface area contributed by atoms with Gasteiger partial charge in [-0.1, -0.05) is 48.9 Å². The summed E-state index contributed by atoms with van der Waals surface area (Å²) >= 11 is 6.60. The summed E-state index contributed by atoms with van der Waals surface area (Å²) in [5.41, 5.74) is -1.11. The van der Waals surface area contributed by atoms with E-state index in [-0.39, 0.29) is 48.5 Å². The van der Waals surface area contributed by atoms with Gasteiger partial charge in [0, 0.05) is 55.6 Å². The Hall–Kier alpha value is -4.00. The average molecular weight is 646 g/mol. The Labute approximate surface area is 264 Å². The van der Waals surface area contributed by atoms with E-state index < -0.39 is 46.1 Å². The van der Waals surface area contributed by atoms with Crippen molar-refractivity contribution < 1.29 is 42.4 Å². The van der Waals surface area contributed by atoms with Crippen molar-refractivity contribution in [3.05, 3.63) is 75.9 Å². The van der Waals surface area contributed by atoms with Crippen molar-refractivity contribution in [3.63, 3.8) is 0 Å². The number of aromatic nitrogens is 1. The summed E-state index contributed by atoms with van der Waals surface area (Å²) in [5, 5.41) is 11.8. The molecule has 1 fully saturated rings. The highest BCUT2D eigenvalue weighted by molar-refractivity contribution is 6.34. The fourth-order valence-electron chi connectivity index (χ4n) is 5.89. The molecule has 1 aromatic heterocycles. The van der Waals surface area contributed by atoms with Crippen molar-refractivity contribution >= 4 is 23.6 Å². The van der Waals surface area contributed by atoms with E-state index in [4.69, 9.17) is 30.5 Å². The molecule has 0 spiro atoms. The summed E-state index contributed by atoms with van der Waals surface area (Å²) in [6.45, 7) is 2.23. The highest BCUT2D eigenvalue weighted by atomic mass is 35.5. The molecule has 2 aliphatic rings. The van der Waals surface area contributed by atoms with Gasteiger partial charge in [0.15, 0.2) is 17.7 Å². The molecular formula is C32H34ClF2N3O7. The Morgan fingerprint density at radius 1 is 1.20 bits per heavy atom. The lowest BCUT2D eigenvalue weighted by Gasteiger charge is -2.36. The van der Waals surface area contributed by atoms with Crippen molar-refractivity contribution in [2.45, 2.75) is 44.0 Å². The van der Waals surface area contributed by atoms with E-state index >= 15 is 8.78 Å². The lowest BCUT2D eigenvalue weighted by atomic mass is 9.77. The van der Waals surface area contributed by atoms with Gasteiger partial charge in [0.05, 0.1) is 23.7 Å². The van der Waals surface area contributed by atoms with Crippen LogP contribution in [0.2, 0.25) is 5.02 Å². The van der Waals surface area contributed by atoms with Gasteiger partial charge in [0.1, 0.15) is 18.2 Å². The zero-order valence-electron chi connectivity index (χ0n) is 25.1. The van der Waals surface area contributed by atoms with Gasteiger partial charge < -0.3 is 34.3 Å². The number of nitrogens with one attached hydrogen (secondary N) is 1. The third-order valence-corrected chi connectivity index (χ3v) is 8.55. The molecule has 1 unspecified atom stereocenters. The quantitative estimate of drug-likeness (QED) is 0.259. The van der Waals surface area contributed by atoms with Crippen LogP contribution in [0, 0.1) is 11.6 Å².